The number of nitrogens with one attached hydrogen (secondary N) is 1. The molecule has 1 aromatic heterocycles. The van der Waals surface area contributed by atoms with Crippen LogP contribution in [0.2, 0.25) is 0 Å². The Hall–Kier alpha value is -1.46. The van der Waals surface area contributed by atoms with Gasteiger partial charge in [0.2, 0.25) is 0 Å². The first kappa shape index (κ1) is 14.2. The molecule has 2 heterocycles. The average Bonchev–Trinajstić information content (AvgIpc) is 3.01. The van der Waals surface area contributed by atoms with Gasteiger partial charge >= 0.3 is 0 Å². The summed E-state index contributed by atoms with van der Waals surface area (Å²) in [4.78, 5) is 0.879. The predicted octanol–water partition coefficient (Wildman–Crippen LogP) is 3.01. The van der Waals surface area contributed by atoms with Crippen molar-refractivity contribution in [1.82, 2.24) is 5.32 Å². The Kier molecular flexibility index (Phi) is 3.62. The molecule has 0 saturated carbocycles. The molecule has 1 fully saturated rings. The molecule has 1 aliphatic carbocycles. The van der Waals surface area contributed by atoms with E-state index in [1.165, 1.54) is 22.5 Å². The third kappa shape index (κ3) is 2.15. The van der Waals surface area contributed by atoms with Crippen LogP contribution in [0.1, 0.15) is 46.6 Å². The fraction of sp³-hybridized carbons (Fsp3) is 0.333. The normalized spacial score (nSPS) is 24.6. The maximum Gasteiger partial charge on any atom is 0.119 e. The molecule has 22 heavy (non-hydrogen) atoms. The number of thiophene rings is 1. The van der Waals surface area contributed by atoms with Crippen LogP contribution in [0.3, 0.4) is 0 Å². The van der Waals surface area contributed by atoms with Crippen LogP contribution < -0.4 is 5.32 Å². The van der Waals surface area contributed by atoms with Gasteiger partial charge in [0.05, 0.1) is 0 Å². The molecular weight excluding hydrogens is 294 g/mol. The molecule has 2 unspecified atom stereocenters. The van der Waals surface area contributed by atoms with Gasteiger partial charge in [0.1, 0.15) is 12.2 Å². The van der Waals surface area contributed by atoms with Crippen LogP contribution in [0.15, 0.2) is 41.3 Å². The van der Waals surface area contributed by atoms with Crippen molar-refractivity contribution in [3.8, 4) is 0 Å². The smallest absolute Gasteiger partial charge is 0.119 e. The van der Waals surface area contributed by atoms with E-state index in [1.54, 1.807) is 0 Å². The molecule has 2 atom stereocenters. The Bertz CT molecular complexity index is 726. The number of fused-ring (bicyclic) bond motifs is 2. The third-order valence-corrected chi connectivity index (χ3v) is 5.63. The summed E-state index contributed by atoms with van der Waals surface area (Å²) in [7, 11) is 0. The first-order chi connectivity index (χ1) is 10.8. The lowest BCUT2D eigenvalue weighted by molar-refractivity contribution is 0.0199. The second kappa shape index (κ2) is 5.63. The summed E-state index contributed by atoms with van der Waals surface area (Å²) in [6, 6.07) is 10.0. The first-order valence-electron chi connectivity index (χ1n) is 7.73. The molecule has 4 heteroatoms. The molecule has 3 N–H and O–H groups in total. The molecule has 0 bridgehead atoms. The first-order valence-corrected chi connectivity index (χ1v) is 8.61. The Morgan fingerprint density at radius 1 is 0.955 bits per heavy atom. The molecule has 0 radical (unpaired) electrons. The van der Waals surface area contributed by atoms with Crippen LogP contribution in [-0.4, -0.2) is 23.3 Å². The van der Waals surface area contributed by atoms with Crippen LogP contribution in [-0.2, 0) is 0 Å². The molecular formula is C18H19NO2S. The van der Waals surface area contributed by atoms with Crippen LogP contribution in [0, 0.1) is 0 Å². The fourth-order valence-electron chi connectivity index (χ4n) is 3.56. The van der Waals surface area contributed by atoms with Gasteiger partial charge in [-0.15, -0.1) is 11.3 Å². The summed E-state index contributed by atoms with van der Waals surface area (Å²) in [5.74, 6) is 0. The van der Waals surface area contributed by atoms with Crippen molar-refractivity contribution in [2.24, 2.45) is 0 Å². The van der Waals surface area contributed by atoms with Crippen molar-refractivity contribution in [2.45, 2.75) is 25.0 Å². The van der Waals surface area contributed by atoms with E-state index >= 15 is 0 Å². The number of hydrogen-bond acceptors (Lipinski definition) is 4. The zero-order valence-corrected chi connectivity index (χ0v) is 13.1. The van der Waals surface area contributed by atoms with Gasteiger partial charge in [-0.05, 0) is 59.6 Å². The number of aliphatic hydroxyl groups is 2. The summed E-state index contributed by atoms with van der Waals surface area (Å²) in [5, 5.41) is 26.6. The Labute approximate surface area is 133 Å². The van der Waals surface area contributed by atoms with Gasteiger partial charge in [0.15, 0.2) is 0 Å². The Balaban J connectivity index is 2.02. The van der Waals surface area contributed by atoms with E-state index in [0.717, 1.165) is 47.5 Å². The lowest BCUT2D eigenvalue weighted by Gasteiger charge is -2.21. The lowest BCUT2D eigenvalue weighted by atomic mass is 9.88. The van der Waals surface area contributed by atoms with E-state index in [2.05, 4.69) is 17.4 Å². The van der Waals surface area contributed by atoms with Gasteiger partial charge in [-0.3, -0.25) is 0 Å². The minimum absolute atomic E-state index is 0.833. The fourth-order valence-corrected chi connectivity index (χ4v) is 4.47. The minimum atomic E-state index is -0.867. The topological polar surface area (TPSA) is 52.5 Å². The molecule has 2 aliphatic rings. The maximum atomic E-state index is 10.6. The molecule has 114 valence electrons. The molecule has 3 nitrogen and oxygen atoms in total. The van der Waals surface area contributed by atoms with Crippen molar-refractivity contribution in [2.75, 3.05) is 13.1 Å². The Morgan fingerprint density at radius 2 is 1.73 bits per heavy atom. The van der Waals surface area contributed by atoms with Gasteiger partial charge in [-0.2, -0.15) is 0 Å². The summed E-state index contributed by atoms with van der Waals surface area (Å²) in [5.41, 5.74) is 5.65. The number of benzene rings is 1. The molecule has 0 amide bonds. The zero-order chi connectivity index (χ0) is 15.1. The van der Waals surface area contributed by atoms with Crippen LogP contribution >= 0.6 is 11.3 Å². The van der Waals surface area contributed by atoms with Gasteiger partial charge in [0, 0.05) is 4.88 Å². The van der Waals surface area contributed by atoms with Gasteiger partial charge < -0.3 is 15.5 Å². The summed E-state index contributed by atoms with van der Waals surface area (Å²) >= 11 is 1.53. The van der Waals surface area contributed by atoms with E-state index < -0.39 is 12.2 Å². The number of piperidine rings is 1. The van der Waals surface area contributed by atoms with Crippen molar-refractivity contribution < 1.29 is 10.2 Å². The highest BCUT2D eigenvalue weighted by atomic mass is 32.1. The quantitative estimate of drug-likeness (QED) is 0.701. The minimum Gasteiger partial charge on any atom is -0.385 e. The van der Waals surface area contributed by atoms with E-state index in [4.69, 9.17) is 0 Å². The van der Waals surface area contributed by atoms with E-state index in [1.807, 2.05) is 23.6 Å². The van der Waals surface area contributed by atoms with Crippen LogP contribution in [0.4, 0.5) is 0 Å². The monoisotopic (exact) mass is 313 g/mol. The van der Waals surface area contributed by atoms with Gasteiger partial charge in [0.25, 0.3) is 0 Å². The third-order valence-electron chi connectivity index (χ3n) is 4.64. The Morgan fingerprint density at radius 3 is 2.55 bits per heavy atom. The predicted molar refractivity (Wildman–Crippen MR) is 88.8 cm³/mol. The maximum absolute atomic E-state index is 10.6. The number of rotatable bonds is 0. The van der Waals surface area contributed by atoms with Crippen LogP contribution in [0.5, 0.6) is 0 Å². The number of hydrogen-bond donors (Lipinski definition) is 3. The standard InChI is InChI=1S/C18H19NO2S/c20-16-13-4-2-1-3-12(13)15(11-5-8-19-9-6-11)14-7-10-22-18(14)17(16)21/h1-4,7,10,16-17,19-21H,5-6,8-9H2. The molecule has 4 rings (SSSR count). The largest absolute Gasteiger partial charge is 0.385 e. The molecule has 1 aliphatic heterocycles. The second-order valence-electron chi connectivity index (χ2n) is 5.90. The molecule has 1 saturated heterocycles. The number of aliphatic hydroxyl groups excluding tert-OH is 2. The van der Waals surface area contributed by atoms with Crippen molar-refractivity contribution in [1.29, 1.82) is 0 Å². The lowest BCUT2D eigenvalue weighted by Crippen LogP contribution is -2.24. The van der Waals surface area contributed by atoms with Crippen LogP contribution in [0.25, 0.3) is 5.57 Å². The highest BCUT2D eigenvalue weighted by Crippen LogP contribution is 2.46. The molecule has 0 spiro atoms. The van der Waals surface area contributed by atoms with E-state index in [-0.39, 0.29) is 0 Å². The summed E-state index contributed by atoms with van der Waals surface area (Å²) in [6.07, 6.45) is 0.320. The second-order valence-corrected chi connectivity index (χ2v) is 6.85. The molecule has 2 aromatic rings. The van der Waals surface area contributed by atoms with Crippen molar-refractivity contribution in [3.63, 3.8) is 0 Å². The van der Waals surface area contributed by atoms with E-state index in [0.29, 0.717) is 0 Å². The highest BCUT2D eigenvalue weighted by Gasteiger charge is 2.32. The van der Waals surface area contributed by atoms with Gasteiger partial charge in [-0.1, -0.05) is 29.8 Å². The SMILES string of the molecule is OC1c2ccccc2C(=C2CCNCC2)c2ccsc2C1O. The van der Waals surface area contributed by atoms with Gasteiger partial charge in [-0.25, -0.2) is 0 Å². The summed E-state index contributed by atoms with van der Waals surface area (Å²) < 4.78 is 0. The average molecular weight is 313 g/mol. The zero-order valence-electron chi connectivity index (χ0n) is 12.2. The van der Waals surface area contributed by atoms with E-state index in [9.17, 15) is 10.2 Å². The van der Waals surface area contributed by atoms with Crippen molar-refractivity contribution in [3.05, 3.63) is 62.9 Å². The summed E-state index contributed by atoms with van der Waals surface area (Å²) in [6.45, 7) is 1.98. The highest BCUT2D eigenvalue weighted by molar-refractivity contribution is 7.10. The molecule has 1 aromatic carbocycles. The van der Waals surface area contributed by atoms with Crippen molar-refractivity contribution >= 4 is 16.9 Å².